The highest BCUT2D eigenvalue weighted by molar-refractivity contribution is 9.10. The zero-order valence-corrected chi connectivity index (χ0v) is 14.0. The summed E-state index contributed by atoms with van der Waals surface area (Å²) in [5, 5.41) is 0. The first-order chi connectivity index (χ1) is 9.65. The molecule has 106 valence electrons. The van der Waals surface area contributed by atoms with Crippen molar-refractivity contribution in [2.45, 2.75) is 26.7 Å². The van der Waals surface area contributed by atoms with Crippen molar-refractivity contribution in [3.05, 3.63) is 50.1 Å². The topological polar surface area (TPSA) is 26.3 Å². The summed E-state index contributed by atoms with van der Waals surface area (Å²) in [6, 6.07) is 9.43. The third kappa shape index (κ3) is 3.49. The molecule has 0 radical (unpaired) electrons. The highest BCUT2D eigenvalue weighted by Gasteiger charge is 2.13. The Morgan fingerprint density at radius 1 is 1.25 bits per heavy atom. The van der Waals surface area contributed by atoms with Gasteiger partial charge in [-0.25, -0.2) is 0 Å². The van der Waals surface area contributed by atoms with Crippen LogP contribution in [0.3, 0.4) is 0 Å². The Morgan fingerprint density at radius 3 is 2.65 bits per heavy atom. The van der Waals surface area contributed by atoms with Gasteiger partial charge in [0.25, 0.3) is 0 Å². The molecule has 2 nitrogen and oxygen atoms in total. The lowest BCUT2D eigenvalue weighted by Gasteiger charge is -2.08. The third-order valence-corrected chi connectivity index (χ3v) is 4.74. The Balaban J connectivity index is 2.20. The van der Waals surface area contributed by atoms with Crippen molar-refractivity contribution in [2.75, 3.05) is 6.61 Å². The molecule has 0 atom stereocenters. The number of carbonyl (C=O) groups is 1. The first-order valence-electron chi connectivity index (χ1n) is 6.71. The van der Waals surface area contributed by atoms with Gasteiger partial charge in [0.15, 0.2) is 0 Å². The number of carbonyl (C=O) groups excluding carboxylic acids is 1. The molecule has 20 heavy (non-hydrogen) atoms. The molecule has 0 N–H and O–H groups in total. The third-order valence-electron chi connectivity index (χ3n) is 2.89. The Bertz CT molecular complexity index is 604. The van der Waals surface area contributed by atoms with Gasteiger partial charge in [0.1, 0.15) is 5.75 Å². The number of aryl methyl sites for hydroxylation is 1. The van der Waals surface area contributed by atoms with Crippen LogP contribution in [0.4, 0.5) is 0 Å². The molecule has 0 unspecified atom stereocenters. The van der Waals surface area contributed by atoms with Gasteiger partial charge < -0.3 is 4.74 Å². The number of ether oxygens (including phenoxy) is 1. The van der Waals surface area contributed by atoms with Crippen molar-refractivity contribution in [1.82, 2.24) is 0 Å². The smallest absolute Gasteiger partial charge is 0.202 e. The Labute approximate surface area is 131 Å². The number of hydrogen-bond acceptors (Lipinski definition) is 3. The fourth-order valence-electron chi connectivity index (χ4n) is 1.80. The molecule has 4 heteroatoms. The van der Waals surface area contributed by atoms with Gasteiger partial charge >= 0.3 is 0 Å². The highest BCUT2D eigenvalue weighted by atomic mass is 79.9. The predicted molar refractivity (Wildman–Crippen MR) is 87.1 cm³/mol. The molecule has 0 fully saturated rings. The number of ketones is 1. The fourth-order valence-corrected chi connectivity index (χ4v) is 3.21. The molecular weight excluding hydrogens is 336 g/mol. The molecule has 0 aliphatic carbocycles. The molecule has 1 aromatic heterocycles. The monoisotopic (exact) mass is 352 g/mol. The fraction of sp³-hybridized carbons (Fsp3) is 0.312. The summed E-state index contributed by atoms with van der Waals surface area (Å²) in [5.41, 5.74) is 0.685. The van der Waals surface area contributed by atoms with Gasteiger partial charge in [-0.05, 0) is 59.1 Å². The van der Waals surface area contributed by atoms with E-state index in [1.165, 1.54) is 4.88 Å². The second kappa shape index (κ2) is 7.04. The lowest BCUT2D eigenvalue weighted by Crippen LogP contribution is -2.00. The molecule has 2 aromatic rings. The maximum absolute atomic E-state index is 12.4. The Hall–Kier alpha value is -1.13. The van der Waals surface area contributed by atoms with Gasteiger partial charge in [0, 0.05) is 10.4 Å². The average Bonchev–Trinajstić information content (AvgIpc) is 2.94. The van der Waals surface area contributed by atoms with Crippen molar-refractivity contribution >= 4 is 33.0 Å². The number of halogens is 1. The first kappa shape index (κ1) is 15.3. The predicted octanol–water partition coefficient (Wildman–Crippen LogP) is 5.09. The first-order valence-corrected chi connectivity index (χ1v) is 8.32. The summed E-state index contributed by atoms with van der Waals surface area (Å²) < 4.78 is 6.42. The number of benzene rings is 1. The van der Waals surface area contributed by atoms with Crippen LogP contribution in [0.1, 0.15) is 40.4 Å². The summed E-state index contributed by atoms with van der Waals surface area (Å²) in [6.07, 6.45) is 1.92. The van der Waals surface area contributed by atoms with Crippen LogP contribution in [0.15, 0.2) is 34.8 Å². The molecular formula is C16H17BrO2S. The molecule has 0 amide bonds. The summed E-state index contributed by atoms with van der Waals surface area (Å²) >= 11 is 5.03. The maximum Gasteiger partial charge on any atom is 0.202 e. The van der Waals surface area contributed by atoms with Crippen LogP contribution in [-0.4, -0.2) is 12.4 Å². The van der Waals surface area contributed by atoms with E-state index in [2.05, 4.69) is 29.8 Å². The van der Waals surface area contributed by atoms with Gasteiger partial charge in [0.05, 0.1) is 16.0 Å². The van der Waals surface area contributed by atoms with Crippen LogP contribution in [0, 0.1) is 0 Å². The lowest BCUT2D eigenvalue weighted by atomic mass is 10.1. The zero-order chi connectivity index (χ0) is 14.5. The molecule has 0 aliphatic heterocycles. The Kier molecular flexibility index (Phi) is 5.38. The highest BCUT2D eigenvalue weighted by Crippen LogP contribution is 2.28. The van der Waals surface area contributed by atoms with Gasteiger partial charge in [-0.2, -0.15) is 0 Å². The summed E-state index contributed by atoms with van der Waals surface area (Å²) in [4.78, 5) is 14.4. The normalized spacial score (nSPS) is 10.6. The summed E-state index contributed by atoms with van der Waals surface area (Å²) in [7, 11) is 0. The molecule has 0 aliphatic rings. The van der Waals surface area contributed by atoms with Crippen molar-refractivity contribution in [3.8, 4) is 5.75 Å². The van der Waals surface area contributed by atoms with Crippen molar-refractivity contribution in [1.29, 1.82) is 0 Å². The van der Waals surface area contributed by atoms with E-state index < -0.39 is 0 Å². The van der Waals surface area contributed by atoms with E-state index in [-0.39, 0.29) is 5.78 Å². The minimum absolute atomic E-state index is 0.0671. The maximum atomic E-state index is 12.4. The van der Waals surface area contributed by atoms with Crippen LogP contribution >= 0.6 is 27.3 Å². The van der Waals surface area contributed by atoms with Gasteiger partial charge in [-0.15, -0.1) is 11.3 Å². The zero-order valence-electron chi connectivity index (χ0n) is 11.6. The van der Waals surface area contributed by atoms with Crippen molar-refractivity contribution < 1.29 is 9.53 Å². The van der Waals surface area contributed by atoms with E-state index >= 15 is 0 Å². The number of thiophene rings is 1. The standard InChI is InChI=1S/C16H17BrO2S/c1-3-9-19-14-7-5-11(10-13(14)17)16(18)15-8-6-12(4-2)20-15/h5-8,10H,3-4,9H2,1-2H3. The van der Waals surface area contributed by atoms with E-state index in [9.17, 15) is 4.79 Å². The quantitative estimate of drug-likeness (QED) is 0.676. The molecule has 0 saturated carbocycles. The molecule has 0 spiro atoms. The number of rotatable bonds is 6. The Morgan fingerprint density at radius 2 is 2.05 bits per heavy atom. The molecule has 0 saturated heterocycles. The van der Waals surface area contributed by atoms with Crippen LogP contribution in [0.5, 0.6) is 5.75 Å². The van der Waals surface area contributed by atoms with Gasteiger partial charge in [-0.3, -0.25) is 4.79 Å². The van der Waals surface area contributed by atoms with Crippen LogP contribution in [0.25, 0.3) is 0 Å². The molecule has 0 bridgehead atoms. The summed E-state index contributed by atoms with van der Waals surface area (Å²) in [5.74, 6) is 0.848. The van der Waals surface area contributed by atoms with E-state index in [0.29, 0.717) is 12.2 Å². The van der Waals surface area contributed by atoms with Crippen molar-refractivity contribution in [3.63, 3.8) is 0 Å². The van der Waals surface area contributed by atoms with Crippen LogP contribution in [0.2, 0.25) is 0 Å². The van der Waals surface area contributed by atoms with Gasteiger partial charge in [-0.1, -0.05) is 13.8 Å². The van der Waals surface area contributed by atoms with Crippen LogP contribution in [-0.2, 0) is 6.42 Å². The average molecular weight is 353 g/mol. The van der Waals surface area contributed by atoms with E-state index in [1.54, 1.807) is 11.3 Å². The van der Waals surface area contributed by atoms with Crippen molar-refractivity contribution in [2.24, 2.45) is 0 Å². The molecule has 2 rings (SSSR count). The minimum Gasteiger partial charge on any atom is -0.492 e. The largest absolute Gasteiger partial charge is 0.492 e. The minimum atomic E-state index is 0.0671. The second-order valence-electron chi connectivity index (χ2n) is 4.44. The molecule has 1 heterocycles. The SMILES string of the molecule is CCCOc1ccc(C(=O)c2ccc(CC)s2)cc1Br. The van der Waals surface area contributed by atoms with E-state index in [0.717, 1.165) is 27.9 Å². The number of hydrogen-bond donors (Lipinski definition) is 0. The summed E-state index contributed by atoms with van der Waals surface area (Å²) in [6.45, 7) is 4.83. The molecule has 1 aromatic carbocycles. The van der Waals surface area contributed by atoms with Crippen LogP contribution < -0.4 is 4.74 Å². The lowest BCUT2D eigenvalue weighted by molar-refractivity contribution is 0.104. The van der Waals surface area contributed by atoms with Gasteiger partial charge in [0.2, 0.25) is 5.78 Å². The second-order valence-corrected chi connectivity index (χ2v) is 6.46. The van der Waals surface area contributed by atoms with E-state index in [1.807, 2.05) is 30.3 Å². The van der Waals surface area contributed by atoms with E-state index in [4.69, 9.17) is 4.74 Å².